The van der Waals surface area contributed by atoms with Crippen LogP contribution in [0.3, 0.4) is 0 Å². The Kier molecular flexibility index (Phi) is 7.80. The lowest BCUT2D eigenvalue weighted by molar-refractivity contribution is 0.0980. The molecule has 0 N–H and O–H groups in total. The summed E-state index contributed by atoms with van der Waals surface area (Å²) in [6, 6.07) is 6.14. The first-order chi connectivity index (χ1) is 13.3. The van der Waals surface area contributed by atoms with Gasteiger partial charge >= 0.3 is 0 Å². The largest absolute Gasteiger partial charge is 0.309 e. The number of nitrogens with zero attached hydrogens (tertiary/aromatic N) is 5. The van der Waals surface area contributed by atoms with Crippen LogP contribution in [-0.4, -0.2) is 52.8 Å². The van der Waals surface area contributed by atoms with Gasteiger partial charge in [0.1, 0.15) is 0 Å². The molecule has 3 rings (SSSR count). The van der Waals surface area contributed by atoms with Gasteiger partial charge in [0.2, 0.25) is 0 Å². The average molecular weight is 436 g/mol. The minimum absolute atomic E-state index is 0. The second-order valence-corrected chi connectivity index (χ2v) is 8.53. The van der Waals surface area contributed by atoms with Crippen molar-refractivity contribution in [3.63, 3.8) is 0 Å². The van der Waals surface area contributed by atoms with E-state index in [1.54, 1.807) is 16.2 Å². The molecule has 0 radical (unpaired) electrons. The number of fused-ring (bicyclic) bond motifs is 1. The van der Waals surface area contributed by atoms with Gasteiger partial charge in [-0.2, -0.15) is 5.10 Å². The minimum atomic E-state index is -0.0810. The van der Waals surface area contributed by atoms with E-state index >= 15 is 0 Å². The molecule has 8 heteroatoms. The molecular weight excluding hydrogens is 406 g/mol. The van der Waals surface area contributed by atoms with Crippen LogP contribution < -0.4 is 4.90 Å². The fraction of sp³-hybridized carbons (Fsp3) is 0.476. The molecule has 0 aliphatic heterocycles. The number of benzene rings is 1. The molecule has 0 fully saturated rings. The Hall–Kier alpha value is -1.96. The van der Waals surface area contributed by atoms with E-state index in [9.17, 15) is 4.79 Å². The number of carbonyl (C=O) groups excluding carboxylic acids is 1. The van der Waals surface area contributed by atoms with Crippen LogP contribution in [0.25, 0.3) is 10.2 Å². The van der Waals surface area contributed by atoms with Gasteiger partial charge in [-0.15, -0.1) is 12.4 Å². The molecule has 1 amide bonds. The highest BCUT2D eigenvalue weighted by Crippen LogP contribution is 2.32. The van der Waals surface area contributed by atoms with E-state index in [0.29, 0.717) is 12.2 Å². The molecule has 29 heavy (non-hydrogen) atoms. The Morgan fingerprint density at radius 1 is 1.14 bits per heavy atom. The van der Waals surface area contributed by atoms with E-state index in [-0.39, 0.29) is 18.3 Å². The van der Waals surface area contributed by atoms with Gasteiger partial charge in [-0.25, -0.2) is 4.98 Å². The Balaban J connectivity index is 0.00000300. The molecule has 6 nitrogen and oxygen atoms in total. The summed E-state index contributed by atoms with van der Waals surface area (Å²) in [5, 5.41) is 5.24. The molecular formula is C21H30ClN5OS. The summed E-state index contributed by atoms with van der Waals surface area (Å²) >= 11 is 1.58. The van der Waals surface area contributed by atoms with Crippen LogP contribution in [0.4, 0.5) is 5.13 Å². The summed E-state index contributed by atoms with van der Waals surface area (Å²) in [6.07, 6.45) is 0.875. The SMILES string of the molecule is CCn1nc(C(=O)N(CCCN(C)C)c2nc3c(C)cc(C)cc3s2)cc1C.Cl. The molecule has 0 aliphatic carbocycles. The summed E-state index contributed by atoms with van der Waals surface area (Å²) in [6.45, 7) is 10.5. The van der Waals surface area contributed by atoms with Gasteiger partial charge in [0.15, 0.2) is 10.8 Å². The van der Waals surface area contributed by atoms with Crippen molar-refractivity contribution in [1.29, 1.82) is 0 Å². The van der Waals surface area contributed by atoms with Gasteiger partial charge in [-0.3, -0.25) is 14.4 Å². The quantitative estimate of drug-likeness (QED) is 0.549. The molecule has 1 aromatic carbocycles. The van der Waals surface area contributed by atoms with Crippen LogP contribution in [0.5, 0.6) is 0 Å². The van der Waals surface area contributed by atoms with E-state index < -0.39 is 0 Å². The van der Waals surface area contributed by atoms with Crippen molar-refractivity contribution in [3.05, 3.63) is 40.7 Å². The number of hydrogen-bond donors (Lipinski definition) is 0. The monoisotopic (exact) mass is 435 g/mol. The lowest BCUT2D eigenvalue weighted by atomic mass is 10.1. The maximum Gasteiger partial charge on any atom is 0.280 e. The molecule has 0 unspecified atom stereocenters. The van der Waals surface area contributed by atoms with E-state index in [4.69, 9.17) is 4.98 Å². The zero-order valence-corrected chi connectivity index (χ0v) is 19.7. The summed E-state index contributed by atoms with van der Waals surface area (Å²) in [7, 11) is 4.09. The predicted molar refractivity (Wildman–Crippen MR) is 124 cm³/mol. The highest BCUT2D eigenvalue weighted by molar-refractivity contribution is 7.22. The predicted octanol–water partition coefficient (Wildman–Crippen LogP) is 4.46. The fourth-order valence-electron chi connectivity index (χ4n) is 3.38. The normalized spacial score (nSPS) is 11.1. The molecule has 0 aliphatic rings. The first-order valence-corrected chi connectivity index (χ1v) is 10.5. The van der Waals surface area contributed by atoms with Gasteiger partial charge < -0.3 is 4.90 Å². The molecule has 0 saturated heterocycles. The van der Waals surface area contributed by atoms with Gasteiger partial charge in [0, 0.05) is 18.8 Å². The molecule has 0 spiro atoms. The van der Waals surface area contributed by atoms with E-state index in [1.165, 1.54) is 5.56 Å². The van der Waals surface area contributed by atoms with Gasteiger partial charge in [-0.1, -0.05) is 17.4 Å². The number of halogens is 1. The average Bonchev–Trinajstić information content (AvgIpc) is 3.21. The summed E-state index contributed by atoms with van der Waals surface area (Å²) < 4.78 is 2.98. The number of rotatable bonds is 7. The third-order valence-electron chi connectivity index (χ3n) is 4.78. The topological polar surface area (TPSA) is 54.3 Å². The van der Waals surface area contributed by atoms with Crippen molar-refractivity contribution in [1.82, 2.24) is 19.7 Å². The molecule has 0 atom stereocenters. The number of carbonyl (C=O) groups is 1. The summed E-state index contributed by atoms with van der Waals surface area (Å²) in [5.74, 6) is -0.0810. The van der Waals surface area contributed by atoms with Gasteiger partial charge in [-0.05, 0) is 78.0 Å². The number of amides is 1. The van der Waals surface area contributed by atoms with E-state index in [0.717, 1.165) is 46.1 Å². The highest BCUT2D eigenvalue weighted by Gasteiger charge is 2.24. The maximum atomic E-state index is 13.3. The van der Waals surface area contributed by atoms with Gasteiger partial charge in [0.05, 0.1) is 10.2 Å². The zero-order valence-electron chi connectivity index (χ0n) is 18.0. The van der Waals surface area contributed by atoms with Crippen LogP contribution in [0.1, 0.15) is 40.7 Å². The summed E-state index contributed by atoms with van der Waals surface area (Å²) in [4.78, 5) is 22.1. The summed E-state index contributed by atoms with van der Waals surface area (Å²) in [5.41, 5.74) is 4.81. The Morgan fingerprint density at radius 3 is 2.48 bits per heavy atom. The number of anilines is 1. The zero-order chi connectivity index (χ0) is 20.4. The number of thiazole rings is 1. The number of aryl methyl sites for hydroxylation is 4. The fourth-order valence-corrected chi connectivity index (χ4v) is 4.54. The van der Waals surface area contributed by atoms with Crippen molar-refractivity contribution >= 4 is 45.0 Å². The third-order valence-corrected chi connectivity index (χ3v) is 5.81. The highest BCUT2D eigenvalue weighted by atomic mass is 35.5. The minimum Gasteiger partial charge on any atom is -0.309 e. The Bertz CT molecular complexity index is 995. The third kappa shape index (κ3) is 5.15. The van der Waals surface area contributed by atoms with Gasteiger partial charge in [0.25, 0.3) is 5.91 Å². The van der Waals surface area contributed by atoms with Crippen LogP contribution in [-0.2, 0) is 6.54 Å². The molecule has 2 heterocycles. The first kappa shape index (κ1) is 23.3. The maximum absolute atomic E-state index is 13.3. The second kappa shape index (κ2) is 9.69. The molecule has 2 aromatic heterocycles. The number of hydrogen-bond acceptors (Lipinski definition) is 5. The van der Waals surface area contributed by atoms with Crippen molar-refractivity contribution in [2.45, 2.75) is 40.7 Å². The first-order valence-electron chi connectivity index (χ1n) is 9.69. The van der Waals surface area contributed by atoms with Crippen LogP contribution in [0.2, 0.25) is 0 Å². The Labute approximate surface area is 182 Å². The van der Waals surface area contributed by atoms with Crippen LogP contribution in [0.15, 0.2) is 18.2 Å². The van der Waals surface area contributed by atoms with Crippen LogP contribution >= 0.6 is 23.7 Å². The standard InChI is InChI=1S/C21H29N5OS.ClH/c1-7-26-16(4)13-17(23-26)20(27)25(10-8-9-24(5)6)21-22-19-15(3)11-14(2)12-18(19)28-21;/h11-13H,7-10H2,1-6H3;1H. The van der Waals surface area contributed by atoms with Crippen molar-refractivity contribution < 1.29 is 4.79 Å². The van der Waals surface area contributed by atoms with E-state index in [1.807, 2.05) is 38.7 Å². The van der Waals surface area contributed by atoms with Crippen molar-refractivity contribution in [2.75, 3.05) is 32.1 Å². The molecule has 0 saturated carbocycles. The van der Waals surface area contributed by atoms with Crippen LogP contribution in [0, 0.1) is 20.8 Å². The molecule has 0 bridgehead atoms. The van der Waals surface area contributed by atoms with E-state index in [2.05, 4.69) is 36.0 Å². The molecule has 3 aromatic rings. The van der Waals surface area contributed by atoms with Crippen molar-refractivity contribution in [3.8, 4) is 0 Å². The van der Waals surface area contributed by atoms with Crippen molar-refractivity contribution in [2.24, 2.45) is 0 Å². The lowest BCUT2D eigenvalue weighted by Crippen LogP contribution is -2.33. The Morgan fingerprint density at radius 2 is 1.86 bits per heavy atom. The number of aromatic nitrogens is 3. The second-order valence-electron chi connectivity index (χ2n) is 7.53. The molecule has 158 valence electrons. The smallest absolute Gasteiger partial charge is 0.280 e. The lowest BCUT2D eigenvalue weighted by Gasteiger charge is -2.20.